The van der Waals surface area contributed by atoms with Gasteiger partial charge < -0.3 is 15.3 Å². The molecule has 1 aromatic heterocycles. The molecule has 2 unspecified atom stereocenters. The van der Waals surface area contributed by atoms with Gasteiger partial charge in [-0.15, -0.1) is 11.3 Å². The molecular formula is C16H27N3O2S. The number of hydrogen-bond donors (Lipinski definition) is 2. The maximum Gasteiger partial charge on any atom is 0.317 e. The number of rotatable bonds is 5. The maximum atomic E-state index is 12.2. The molecule has 2 rings (SSSR count). The predicted octanol–water partition coefficient (Wildman–Crippen LogP) is 2.61. The van der Waals surface area contributed by atoms with Gasteiger partial charge in [0.2, 0.25) is 0 Å². The van der Waals surface area contributed by atoms with Crippen LogP contribution in [0.4, 0.5) is 4.79 Å². The summed E-state index contributed by atoms with van der Waals surface area (Å²) < 4.78 is 0. The number of likely N-dealkylation sites (tertiary alicyclic amines) is 1. The number of thiazole rings is 1. The third kappa shape index (κ3) is 4.68. The number of urea groups is 1. The van der Waals surface area contributed by atoms with Crippen molar-refractivity contribution in [3.63, 3.8) is 0 Å². The van der Waals surface area contributed by atoms with E-state index < -0.39 is 0 Å². The topological polar surface area (TPSA) is 65.5 Å². The number of carbonyl (C=O) groups is 1. The van der Waals surface area contributed by atoms with Crippen LogP contribution in [0.1, 0.15) is 50.2 Å². The molecule has 0 radical (unpaired) electrons. The normalized spacial score (nSPS) is 20.2. The van der Waals surface area contributed by atoms with Gasteiger partial charge in [-0.05, 0) is 19.8 Å². The van der Waals surface area contributed by atoms with Crippen LogP contribution in [-0.4, -0.2) is 46.8 Å². The van der Waals surface area contributed by atoms with Crippen molar-refractivity contribution in [1.29, 1.82) is 0 Å². The third-order valence-corrected chi connectivity index (χ3v) is 5.34. The molecule has 1 aliphatic heterocycles. The molecular weight excluding hydrogens is 298 g/mol. The van der Waals surface area contributed by atoms with E-state index in [1.54, 1.807) is 18.3 Å². The molecule has 0 aliphatic carbocycles. The molecule has 22 heavy (non-hydrogen) atoms. The Morgan fingerprint density at radius 2 is 2.32 bits per heavy atom. The third-order valence-electron chi connectivity index (χ3n) is 4.15. The quantitative estimate of drug-likeness (QED) is 0.874. The smallest absolute Gasteiger partial charge is 0.317 e. The van der Waals surface area contributed by atoms with Crippen molar-refractivity contribution in [1.82, 2.24) is 15.2 Å². The SMILES string of the molecule is CC(C)c1nc(CCNC(=O)N2CCCC(C(C)O)C2)cs1. The van der Waals surface area contributed by atoms with Crippen LogP contribution in [0.15, 0.2) is 5.38 Å². The summed E-state index contributed by atoms with van der Waals surface area (Å²) in [7, 11) is 0. The lowest BCUT2D eigenvalue weighted by Crippen LogP contribution is -2.47. The van der Waals surface area contributed by atoms with Crippen molar-refractivity contribution in [2.24, 2.45) is 5.92 Å². The van der Waals surface area contributed by atoms with Gasteiger partial charge in [0.05, 0.1) is 16.8 Å². The minimum atomic E-state index is -0.347. The van der Waals surface area contributed by atoms with Gasteiger partial charge in [0, 0.05) is 43.3 Å². The van der Waals surface area contributed by atoms with Gasteiger partial charge in [0.25, 0.3) is 0 Å². The summed E-state index contributed by atoms with van der Waals surface area (Å²) in [6.07, 6.45) is 2.38. The first-order valence-corrected chi connectivity index (χ1v) is 9.00. The molecule has 124 valence electrons. The van der Waals surface area contributed by atoms with Crippen molar-refractivity contribution in [3.8, 4) is 0 Å². The molecule has 2 heterocycles. The van der Waals surface area contributed by atoms with Crippen molar-refractivity contribution < 1.29 is 9.90 Å². The molecule has 2 amide bonds. The van der Waals surface area contributed by atoms with Crippen molar-refractivity contribution >= 4 is 17.4 Å². The lowest BCUT2D eigenvalue weighted by atomic mass is 9.94. The van der Waals surface area contributed by atoms with Gasteiger partial charge in [0.1, 0.15) is 0 Å². The van der Waals surface area contributed by atoms with Crippen LogP contribution < -0.4 is 5.32 Å². The van der Waals surface area contributed by atoms with Crippen LogP contribution in [0.25, 0.3) is 0 Å². The molecule has 2 atom stereocenters. The van der Waals surface area contributed by atoms with E-state index in [9.17, 15) is 9.90 Å². The van der Waals surface area contributed by atoms with Gasteiger partial charge in [-0.2, -0.15) is 0 Å². The average molecular weight is 325 g/mol. The summed E-state index contributed by atoms with van der Waals surface area (Å²) in [5, 5.41) is 15.9. The highest BCUT2D eigenvalue weighted by Crippen LogP contribution is 2.20. The van der Waals surface area contributed by atoms with Crippen LogP contribution in [0.2, 0.25) is 0 Å². The second-order valence-electron chi connectivity index (χ2n) is 6.40. The predicted molar refractivity (Wildman–Crippen MR) is 89.3 cm³/mol. The van der Waals surface area contributed by atoms with Crippen LogP contribution in [0.3, 0.4) is 0 Å². The number of nitrogens with one attached hydrogen (secondary N) is 1. The maximum absolute atomic E-state index is 12.2. The number of piperidine rings is 1. The summed E-state index contributed by atoms with van der Waals surface area (Å²) in [6, 6.07) is -0.0235. The Morgan fingerprint density at radius 1 is 1.55 bits per heavy atom. The van der Waals surface area contributed by atoms with E-state index in [2.05, 4.69) is 29.5 Å². The lowest BCUT2D eigenvalue weighted by molar-refractivity contribution is 0.0740. The highest BCUT2D eigenvalue weighted by atomic mass is 32.1. The molecule has 0 saturated carbocycles. The van der Waals surface area contributed by atoms with Crippen molar-refractivity contribution in [3.05, 3.63) is 16.1 Å². The molecule has 6 heteroatoms. The van der Waals surface area contributed by atoms with E-state index in [0.29, 0.717) is 19.0 Å². The number of aliphatic hydroxyl groups is 1. The standard InChI is InChI=1S/C16H27N3O2S/c1-11(2)15-18-14(10-22-15)6-7-17-16(21)19-8-4-5-13(9-19)12(3)20/h10-13,20H,4-9H2,1-3H3,(H,17,21). The van der Waals surface area contributed by atoms with Crippen LogP contribution in [0, 0.1) is 5.92 Å². The molecule has 0 spiro atoms. The molecule has 1 aromatic rings. The number of hydrogen-bond acceptors (Lipinski definition) is 4. The number of nitrogens with zero attached hydrogens (tertiary/aromatic N) is 2. The van der Waals surface area contributed by atoms with Crippen LogP contribution in [0.5, 0.6) is 0 Å². The monoisotopic (exact) mass is 325 g/mol. The van der Waals surface area contributed by atoms with Gasteiger partial charge in [-0.3, -0.25) is 0 Å². The lowest BCUT2D eigenvalue weighted by Gasteiger charge is -2.34. The second-order valence-corrected chi connectivity index (χ2v) is 7.29. The Kier molecular flexibility index (Phi) is 6.20. The Balaban J connectivity index is 1.75. The van der Waals surface area contributed by atoms with Gasteiger partial charge in [-0.25, -0.2) is 9.78 Å². The minimum absolute atomic E-state index is 0.0235. The molecule has 2 N–H and O–H groups in total. The first kappa shape index (κ1) is 17.2. The van der Waals surface area contributed by atoms with E-state index in [1.807, 2.05) is 4.90 Å². The zero-order valence-electron chi connectivity index (χ0n) is 13.7. The first-order valence-electron chi connectivity index (χ1n) is 8.12. The molecule has 5 nitrogen and oxygen atoms in total. The molecule has 1 fully saturated rings. The molecule has 1 aliphatic rings. The van der Waals surface area contributed by atoms with Gasteiger partial charge >= 0.3 is 6.03 Å². The molecule has 0 aromatic carbocycles. The van der Waals surface area contributed by atoms with E-state index in [-0.39, 0.29) is 18.1 Å². The zero-order valence-corrected chi connectivity index (χ0v) is 14.5. The fraction of sp³-hybridized carbons (Fsp3) is 0.750. The summed E-state index contributed by atoms with van der Waals surface area (Å²) in [6.45, 7) is 8.12. The zero-order chi connectivity index (χ0) is 16.1. The average Bonchev–Trinajstić information content (AvgIpc) is 2.96. The number of carbonyl (C=O) groups excluding carboxylic acids is 1. The fourth-order valence-corrected chi connectivity index (χ4v) is 3.57. The van der Waals surface area contributed by atoms with Crippen molar-refractivity contribution in [2.45, 2.75) is 52.1 Å². The summed E-state index contributed by atoms with van der Waals surface area (Å²) in [5.74, 6) is 0.658. The van der Waals surface area contributed by atoms with Crippen LogP contribution in [-0.2, 0) is 6.42 Å². The Bertz CT molecular complexity index is 487. The van der Waals surface area contributed by atoms with Crippen LogP contribution >= 0.6 is 11.3 Å². The highest BCUT2D eigenvalue weighted by molar-refractivity contribution is 7.09. The number of amides is 2. The Hall–Kier alpha value is -1.14. The highest BCUT2D eigenvalue weighted by Gasteiger charge is 2.26. The summed E-state index contributed by atoms with van der Waals surface area (Å²) in [4.78, 5) is 18.6. The number of aliphatic hydroxyl groups excluding tert-OH is 1. The Morgan fingerprint density at radius 3 is 2.95 bits per heavy atom. The van der Waals surface area contributed by atoms with Crippen molar-refractivity contribution in [2.75, 3.05) is 19.6 Å². The largest absolute Gasteiger partial charge is 0.393 e. The van der Waals surface area contributed by atoms with E-state index >= 15 is 0 Å². The molecule has 0 bridgehead atoms. The minimum Gasteiger partial charge on any atom is -0.393 e. The van der Waals surface area contributed by atoms with E-state index in [4.69, 9.17) is 0 Å². The van der Waals surface area contributed by atoms with Gasteiger partial charge in [0.15, 0.2) is 0 Å². The first-order chi connectivity index (χ1) is 10.5. The Labute approximate surface area is 136 Å². The summed E-state index contributed by atoms with van der Waals surface area (Å²) in [5.41, 5.74) is 1.05. The fourth-order valence-electron chi connectivity index (χ4n) is 2.70. The number of aromatic nitrogens is 1. The van der Waals surface area contributed by atoms with E-state index in [1.165, 1.54) is 0 Å². The second kappa shape index (κ2) is 7.92. The van der Waals surface area contributed by atoms with E-state index in [0.717, 1.165) is 36.5 Å². The van der Waals surface area contributed by atoms with Gasteiger partial charge in [-0.1, -0.05) is 13.8 Å². The molecule has 1 saturated heterocycles. The summed E-state index contributed by atoms with van der Waals surface area (Å²) >= 11 is 1.69.